The lowest BCUT2D eigenvalue weighted by atomic mass is 9.85. The summed E-state index contributed by atoms with van der Waals surface area (Å²) in [6.07, 6.45) is -6.15. The van der Waals surface area contributed by atoms with Crippen LogP contribution < -0.4 is 4.74 Å². The van der Waals surface area contributed by atoms with Gasteiger partial charge in [0.1, 0.15) is 5.75 Å². The molecule has 0 saturated carbocycles. The van der Waals surface area contributed by atoms with Gasteiger partial charge >= 0.3 is 12.1 Å². The van der Waals surface area contributed by atoms with Gasteiger partial charge in [0.2, 0.25) is 6.10 Å². The molecule has 0 aliphatic carbocycles. The van der Waals surface area contributed by atoms with Crippen molar-refractivity contribution in [3.05, 3.63) is 33.9 Å². The van der Waals surface area contributed by atoms with Gasteiger partial charge in [-0.25, -0.2) is 4.79 Å². The molecule has 3 nitrogen and oxygen atoms in total. The molecule has 8 heteroatoms. The van der Waals surface area contributed by atoms with Crippen LogP contribution >= 0.6 is 23.2 Å². The number of halogens is 5. The third-order valence-corrected chi connectivity index (χ3v) is 3.95. The van der Waals surface area contributed by atoms with Gasteiger partial charge in [-0.2, -0.15) is 13.2 Å². The predicted octanol–water partition coefficient (Wildman–Crippen LogP) is 5.47. The van der Waals surface area contributed by atoms with Gasteiger partial charge in [0, 0.05) is 10.6 Å². The van der Waals surface area contributed by atoms with Crippen molar-refractivity contribution >= 4 is 35.2 Å². The predicted molar refractivity (Wildman–Crippen MR) is 90.0 cm³/mol. The molecule has 1 heterocycles. The van der Waals surface area contributed by atoms with E-state index in [1.165, 1.54) is 19.1 Å². The Kier molecular flexibility index (Phi) is 5.36. The van der Waals surface area contributed by atoms with Crippen molar-refractivity contribution in [2.75, 3.05) is 0 Å². The van der Waals surface area contributed by atoms with Gasteiger partial charge in [0.25, 0.3) is 0 Å². The van der Waals surface area contributed by atoms with Crippen LogP contribution in [0.2, 0.25) is 5.02 Å². The molecule has 0 fully saturated rings. The first-order chi connectivity index (χ1) is 11.3. The number of alkyl halides is 4. The molecule has 1 aliphatic rings. The summed E-state index contributed by atoms with van der Waals surface area (Å²) < 4.78 is 49.9. The number of hydrogen-bond acceptors (Lipinski definition) is 3. The van der Waals surface area contributed by atoms with Crippen molar-refractivity contribution in [1.82, 2.24) is 0 Å². The Labute approximate surface area is 153 Å². The molecule has 25 heavy (non-hydrogen) atoms. The normalized spacial score (nSPS) is 18.8. The maximum absolute atomic E-state index is 13.4. The van der Waals surface area contributed by atoms with Crippen molar-refractivity contribution < 1.29 is 27.4 Å². The summed E-state index contributed by atoms with van der Waals surface area (Å²) in [4.78, 5) is 12.0. The largest absolute Gasteiger partial charge is 0.475 e. The molecular formula is C17H17Cl2F3O3. The molecule has 2 atom stereocenters. The highest BCUT2D eigenvalue weighted by Gasteiger charge is 2.49. The van der Waals surface area contributed by atoms with E-state index in [4.69, 9.17) is 27.9 Å². The van der Waals surface area contributed by atoms with Crippen LogP contribution in [0.1, 0.15) is 38.8 Å². The Morgan fingerprint density at radius 3 is 2.36 bits per heavy atom. The lowest BCUT2D eigenvalue weighted by molar-refractivity contribution is -0.188. The molecule has 1 unspecified atom stereocenters. The molecule has 2 rings (SSSR count). The number of hydrogen-bond donors (Lipinski definition) is 0. The summed E-state index contributed by atoms with van der Waals surface area (Å²) in [6, 6.07) is 2.95. The molecule has 1 aromatic carbocycles. The van der Waals surface area contributed by atoms with Gasteiger partial charge < -0.3 is 9.47 Å². The minimum Gasteiger partial charge on any atom is -0.475 e. The third kappa shape index (κ3) is 4.42. The molecule has 0 saturated heterocycles. The minimum absolute atomic E-state index is 0.00659. The van der Waals surface area contributed by atoms with E-state index in [9.17, 15) is 18.0 Å². The first-order valence-corrected chi connectivity index (χ1v) is 8.26. The molecule has 0 aromatic heterocycles. The Morgan fingerprint density at radius 2 is 1.88 bits per heavy atom. The van der Waals surface area contributed by atoms with Crippen LogP contribution in [0.4, 0.5) is 13.2 Å². The number of carbonyl (C=O) groups is 1. The molecule has 138 valence electrons. The van der Waals surface area contributed by atoms with Gasteiger partial charge in [-0.1, -0.05) is 44.0 Å². The average molecular weight is 397 g/mol. The zero-order chi connectivity index (χ0) is 19.2. The van der Waals surface area contributed by atoms with E-state index in [-0.39, 0.29) is 16.7 Å². The first kappa shape index (κ1) is 19.9. The molecule has 0 N–H and O–H groups in total. The highest BCUT2D eigenvalue weighted by atomic mass is 35.5. The molecule has 0 radical (unpaired) electrons. The first-order valence-electron chi connectivity index (χ1n) is 7.44. The standard InChI is InChI=1S/C17H17Cl2F3O3/c1-8(18)24-15(23)10-5-9-6-12(19)11(16(2,3)4)7-13(9)25-14(10)17(20,21)22/h5-8,14H,1-4H3/t8?,14-/m0/s1. The minimum atomic E-state index is -4.79. The Balaban J connectivity index is 2.57. The van der Waals surface area contributed by atoms with Crippen LogP contribution in [0.5, 0.6) is 5.75 Å². The lowest BCUT2D eigenvalue weighted by Gasteiger charge is -2.30. The topological polar surface area (TPSA) is 35.5 Å². The lowest BCUT2D eigenvalue weighted by Crippen LogP contribution is -2.41. The summed E-state index contributed by atoms with van der Waals surface area (Å²) in [6.45, 7) is 6.97. The molecule has 0 bridgehead atoms. The summed E-state index contributed by atoms with van der Waals surface area (Å²) >= 11 is 11.8. The molecule has 1 aromatic rings. The second kappa shape index (κ2) is 6.72. The summed E-state index contributed by atoms with van der Waals surface area (Å²) in [7, 11) is 0. The number of carbonyl (C=O) groups excluding carboxylic acids is 1. The van der Waals surface area contributed by atoms with Crippen LogP contribution in [0.25, 0.3) is 6.08 Å². The second-order valence-electron chi connectivity index (χ2n) is 6.71. The van der Waals surface area contributed by atoms with Crippen LogP contribution in [0.3, 0.4) is 0 Å². The number of benzene rings is 1. The maximum atomic E-state index is 13.4. The number of rotatable bonds is 2. The Hall–Kier alpha value is -1.40. The van der Waals surface area contributed by atoms with Crippen LogP contribution in [0, 0.1) is 0 Å². The summed E-state index contributed by atoms with van der Waals surface area (Å²) in [5, 5.41) is 0.370. The Morgan fingerprint density at radius 1 is 1.28 bits per heavy atom. The van der Waals surface area contributed by atoms with E-state index in [2.05, 4.69) is 4.74 Å². The highest BCUT2D eigenvalue weighted by Crippen LogP contribution is 2.42. The van der Waals surface area contributed by atoms with Gasteiger partial charge in [0.05, 0.1) is 5.57 Å². The number of esters is 1. The Bertz CT molecular complexity index is 719. The van der Waals surface area contributed by atoms with Gasteiger partial charge in [-0.05, 0) is 36.1 Å². The van der Waals surface area contributed by atoms with E-state index in [1.807, 2.05) is 20.8 Å². The van der Waals surface area contributed by atoms with Gasteiger partial charge in [0.15, 0.2) is 5.56 Å². The van der Waals surface area contributed by atoms with Crippen LogP contribution in [-0.4, -0.2) is 23.8 Å². The summed E-state index contributed by atoms with van der Waals surface area (Å²) in [5.41, 5.74) is -1.22. The van der Waals surface area contributed by atoms with E-state index < -0.39 is 29.4 Å². The van der Waals surface area contributed by atoms with Gasteiger partial charge in [-0.3, -0.25) is 0 Å². The maximum Gasteiger partial charge on any atom is 0.430 e. The average Bonchev–Trinajstić information content (AvgIpc) is 2.42. The van der Waals surface area contributed by atoms with E-state index >= 15 is 0 Å². The smallest absolute Gasteiger partial charge is 0.430 e. The fraction of sp³-hybridized carbons (Fsp3) is 0.471. The fourth-order valence-electron chi connectivity index (χ4n) is 2.42. The third-order valence-electron chi connectivity index (χ3n) is 3.55. The SMILES string of the molecule is CC(Cl)OC(=O)C1=Cc2cc(Cl)c(C(C)(C)C)cc2O[C@@H]1C(F)(F)F. The summed E-state index contributed by atoms with van der Waals surface area (Å²) in [5.74, 6) is -1.18. The molecule has 1 aliphatic heterocycles. The zero-order valence-corrected chi connectivity index (χ0v) is 15.5. The molecular weight excluding hydrogens is 380 g/mol. The van der Waals surface area contributed by atoms with Crippen molar-refractivity contribution in [2.45, 2.75) is 51.0 Å². The zero-order valence-electron chi connectivity index (χ0n) is 14.0. The van der Waals surface area contributed by atoms with Gasteiger partial charge in [-0.15, -0.1) is 0 Å². The van der Waals surface area contributed by atoms with Crippen molar-refractivity contribution in [1.29, 1.82) is 0 Å². The fourth-order valence-corrected chi connectivity index (χ4v) is 2.95. The van der Waals surface area contributed by atoms with E-state index in [0.29, 0.717) is 10.6 Å². The van der Waals surface area contributed by atoms with E-state index in [1.54, 1.807) is 0 Å². The van der Waals surface area contributed by atoms with Crippen molar-refractivity contribution in [3.8, 4) is 5.75 Å². The molecule has 0 amide bonds. The number of fused-ring (bicyclic) bond motifs is 1. The van der Waals surface area contributed by atoms with Crippen LogP contribution in [0.15, 0.2) is 17.7 Å². The van der Waals surface area contributed by atoms with Crippen molar-refractivity contribution in [2.24, 2.45) is 0 Å². The van der Waals surface area contributed by atoms with E-state index in [0.717, 1.165) is 6.08 Å². The monoisotopic (exact) mass is 396 g/mol. The second-order valence-corrected chi connectivity index (χ2v) is 7.73. The molecule has 0 spiro atoms. The quantitative estimate of drug-likeness (QED) is 0.490. The number of ether oxygens (including phenoxy) is 2. The van der Waals surface area contributed by atoms with Crippen molar-refractivity contribution in [3.63, 3.8) is 0 Å². The highest BCUT2D eigenvalue weighted by molar-refractivity contribution is 6.31. The van der Waals surface area contributed by atoms with Crippen LogP contribution in [-0.2, 0) is 14.9 Å².